The molecule has 1 aliphatic rings. The molecule has 3 nitrogen and oxygen atoms in total. The van der Waals surface area contributed by atoms with E-state index in [2.05, 4.69) is 10.8 Å². The van der Waals surface area contributed by atoms with Crippen LogP contribution in [0.3, 0.4) is 0 Å². The number of aliphatic hydroxyl groups excluding tert-OH is 1. The lowest BCUT2D eigenvalue weighted by atomic mass is 10.5. The number of esters is 1. The molecule has 0 aromatic heterocycles. The molecule has 0 aromatic rings. The molecule has 0 aliphatic carbocycles. The van der Waals surface area contributed by atoms with E-state index in [1.807, 2.05) is 0 Å². The first-order chi connectivity index (χ1) is 3.29. The topological polar surface area (TPSA) is 46.5 Å². The van der Waals surface area contributed by atoms with Gasteiger partial charge in [-0.25, -0.2) is 4.79 Å². The summed E-state index contributed by atoms with van der Waals surface area (Å²) in [5, 5.41) is 8.34. The van der Waals surface area contributed by atoms with Gasteiger partial charge >= 0.3 is 5.97 Å². The summed E-state index contributed by atoms with van der Waals surface area (Å²) in [6.45, 7) is 0. The maximum Gasteiger partial charge on any atom is 0.341 e. The van der Waals surface area contributed by atoms with Gasteiger partial charge < -0.3 is 9.84 Å². The summed E-state index contributed by atoms with van der Waals surface area (Å²) in [7, 11) is 0. The Bertz CT molecular complexity index is 116. The average Bonchev–Trinajstić information content (AvgIpc) is 1.87. The lowest BCUT2D eigenvalue weighted by molar-refractivity contribution is -0.150. The molecule has 1 heterocycles. The largest absolute Gasteiger partial charge is 0.428 e. The lowest BCUT2D eigenvalue weighted by Gasteiger charge is -1.94. The van der Waals surface area contributed by atoms with E-state index in [0.29, 0.717) is 0 Å². The van der Waals surface area contributed by atoms with E-state index in [9.17, 15) is 4.79 Å². The van der Waals surface area contributed by atoms with Gasteiger partial charge in [-0.1, -0.05) is 0 Å². The summed E-state index contributed by atoms with van der Waals surface area (Å²) in [5.74, 6) is -0.604. The Balaban J connectivity index is 2.58. The minimum absolute atomic E-state index is 0.604. The maximum atomic E-state index is 9.93. The third-order valence-corrected chi connectivity index (χ3v) is 0.572. The van der Waals surface area contributed by atoms with E-state index in [-0.39, 0.29) is 0 Å². The van der Waals surface area contributed by atoms with Gasteiger partial charge in [-0.15, -0.1) is 0 Å². The Kier molecular flexibility index (Phi) is 0.834. The Hall–Kier alpha value is -0.830. The highest BCUT2D eigenvalue weighted by molar-refractivity contribution is 5.79. The van der Waals surface area contributed by atoms with E-state index < -0.39 is 12.3 Å². The van der Waals surface area contributed by atoms with Gasteiger partial charge in [-0.3, -0.25) is 0 Å². The molecule has 7 heavy (non-hydrogen) atoms. The van der Waals surface area contributed by atoms with E-state index in [4.69, 9.17) is 5.11 Å². The van der Waals surface area contributed by atoms with Crippen molar-refractivity contribution < 1.29 is 14.6 Å². The molecule has 1 N–H and O–H groups in total. The number of carbonyl (C=O) groups excluding carboxylic acids is 1. The first-order valence-electron chi connectivity index (χ1n) is 1.77. The van der Waals surface area contributed by atoms with Gasteiger partial charge in [-0.2, -0.15) is 0 Å². The lowest BCUT2D eigenvalue weighted by Crippen LogP contribution is -2.04. The molecule has 1 unspecified atom stereocenters. The number of ether oxygens (including phenoxy) is 1. The first-order valence-corrected chi connectivity index (χ1v) is 1.77. The predicted octanol–water partition coefficient (Wildman–Crippen LogP) is -0.779. The smallest absolute Gasteiger partial charge is 0.341 e. The minimum Gasteiger partial charge on any atom is -0.428 e. The molecule has 0 spiro atoms. The second-order valence-corrected chi connectivity index (χ2v) is 1.11. The number of carbonyl (C=O) groups is 1. The van der Waals surface area contributed by atoms with Crippen molar-refractivity contribution in [3.63, 3.8) is 0 Å². The minimum atomic E-state index is -1.06. The van der Waals surface area contributed by atoms with Crippen molar-refractivity contribution in [1.29, 1.82) is 0 Å². The van der Waals surface area contributed by atoms with Crippen LogP contribution < -0.4 is 0 Å². The van der Waals surface area contributed by atoms with E-state index in [1.165, 1.54) is 0 Å². The van der Waals surface area contributed by atoms with Gasteiger partial charge in [0, 0.05) is 0 Å². The number of aliphatic hydroxyl groups is 1. The van der Waals surface area contributed by atoms with Crippen LogP contribution in [-0.2, 0) is 9.53 Å². The molecule has 1 atom stereocenters. The second-order valence-electron chi connectivity index (χ2n) is 1.11. The van der Waals surface area contributed by atoms with Crippen LogP contribution in [-0.4, -0.2) is 17.4 Å². The summed E-state index contributed by atoms with van der Waals surface area (Å²) < 4.78 is 4.11. The Morgan fingerprint density at radius 2 is 2.71 bits per heavy atom. The fourth-order valence-electron chi connectivity index (χ4n) is 0.317. The third-order valence-electron chi connectivity index (χ3n) is 0.572. The molecule has 1 radical (unpaired) electrons. The quantitative estimate of drug-likeness (QED) is 0.405. The van der Waals surface area contributed by atoms with Gasteiger partial charge in [0.25, 0.3) is 0 Å². The molecule has 0 bridgehead atoms. The van der Waals surface area contributed by atoms with Gasteiger partial charge in [-0.05, 0) is 6.08 Å². The fourth-order valence-corrected chi connectivity index (χ4v) is 0.317. The fraction of sp³-hybridized carbons (Fsp3) is 0.250. The van der Waals surface area contributed by atoms with Crippen LogP contribution in [0.2, 0.25) is 0 Å². The summed E-state index contributed by atoms with van der Waals surface area (Å²) in [4.78, 5) is 9.93. The molecule has 0 fully saturated rings. The molecular weight excluding hydrogens is 96.0 g/mol. The van der Waals surface area contributed by atoms with Crippen LogP contribution in [0.15, 0.2) is 6.08 Å². The zero-order chi connectivity index (χ0) is 5.28. The molecule has 37 valence electrons. The molecular formula is C4H3O3. The SMILES string of the molecule is O=C1[C]=CC(O)O1. The van der Waals surface area contributed by atoms with Crippen LogP contribution in [0.1, 0.15) is 0 Å². The first kappa shape index (κ1) is 4.33. The highest BCUT2D eigenvalue weighted by Crippen LogP contribution is 1.97. The van der Waals surface area contributed by atoms with Crippen molar-refractivity contribution in [2.24, 2.45) is 0 Å². The maximum absolute atomic E-state index is 9.93. The van der Waals surface area contributed by atoms with Crippen molar-refractivity contribution in [2.45, 2.75) is 6.29 Å². The molecule has 0 aromatic carbocycles. The van der Waals surface area contributed by atoms with Crippen LogP contribution in [0.5, 0.6) is 0 Å². The second kappa shape index (κ2) is 1.35. The normalized spacial score (nSPS) is 28.1. The predicted molar refractivity (Wildman–Crippen MR) is 19.9 cm³/mol. The van der Waals surface area contributed by atoms with E-state index in [0.717, 1.165) is 6.08 Å². The van der Waals surface area contributed by atoms with Gasteiger partial charge in [0.1, 0.15) is 0 Å². The van der Waals surface area contributed by atoms with E-state index in [1.54, 1.807) is 0 Å². The molecule has 1 aliphatic heterocycles. The van der Waals surface area contributed by atoms with Crippen molar-refractivity contribution in [1.82, 2.24) is 0 Å². The van der Waals surface area contributed by atoms with Crippen LogP contribution >= 0.6 is 0 Å². The van der Waals surface area contributed by atoms with Crippen LogP contribution in [0.25, 0.3) is 0 Å². The number of hydrogen-bond acceptors (Lipinski definition) is 3. The standard InChI is InChI=1S/C4H3O3/c5-3-1-2-4(6)7-3/h1,3,5H. The Morgan fingerprint density at radius 3 is 2.86 bits per heavy atom. The highest BCUT2D eigenvalue weighted by Gasteiger charge is 2.11. The van der Waals surface area contributed by atoms with Crippen LogP contribution in [0.4, 0.5) is 0 Å². The third kappa shape index (κ3) is 0.778. The Morgan fingerprint density at radius 1 is 2.00 bits per heavy atom. The average molecular weight is 99.1 g/mol. The van der Waals surface area contributed by atoms with Crippen LogP contribution in [0, 0.1) is 6.08 Å². The van der Waals surface area contributed by atoms with Gasteiger partial charge in [0.15, 0.2) is 0 Å². The molecule has 0 saturated carbocycles. The zero-order valence-corrected chi connectivity index (χ0v) is 3.42. The van der Waals surface area contributed by atoms with Gasteiger partial charge in [0.2, 0.25) is 6.29 Å². The number of cyclic esters (lactones) is 1. The zero-order valence-electron chi connectivity index (χ0n) is 3.42. The van der Waals surface area contributed by atoms with Crippen molar-refractivity contribution in [3.05, 3.63) is 12.2 Å². The number of hydrogen-bond donors (Lipinski definition) is 1. The monoisotopic (exact) mass is 99.0 g/mol. The van der Waals surface area contributed by atoms with E-state index >= 15 is 0 Å². The summed E-state index contributed by atoms with van der Waals surface area (Å²) in [6.07, 6.45) is 2.23. The molecule has 3 heteroatoms. The molecule has 1 rings (SSSR count). The summed E-state index contributed by atoms with van der Waals surface area (Å²) in [5.41, 5.74) is 0. The summed E-state index contributed by atoms with van der Waals surface area (Å²) >= 11 is 0. The Labute approximate surface area is 40.2 Å². The highest BCUT2D eigenvalue weighted by atomic mass is 16.6. The van der Waals surface area contributed by atoms with Crippen molar-refractivity contribution >= 4 is 5.97 Å². The molecule has 0 saturated heterocycles. The molecule has 0 amide bonds. The van der Waals surface area contributed by atoms with Gasteiger partial charge in [0.05, 0.1) is 6.08 Å². The number of rotatable bonds is 0. The van der Waals surface area contributed by atoms with Crippen molar-refractivity contribution in [3.8, 4) is 0 Å². The summed E-state index contributed by atoms with van der Waals surface area (Å²) in [6, 6.07) is 0. The van der Waals surface area contributed by atoms with Crippen molar-refractivity contribution in [2.75, 3.05) is 0 Å².